The number of carbonyl (C=O) groups is 1. The van der Waals surface area contributed by atoms with Crippen molar-refractivity contribution in [1.82, 2.24) is 9.55 Å². The molecular weight excluding hydrogens is 296 g/mol. The van der Waals surface area contributed by atoms with Gasteiger partial charge in [-0.2, -0.15) is 0 Å². The summed E-state index contributed by atoms with van der Waals surface area (Å²) in [6.07, 6.45) is 0. The molecule has 0 bridgehead atoms. The van der Waals surface area contributed by atoms with E-state index in [0.29, 0.717) is 5.82 Å². The number of thiophene rings is 1. The first kappa shape index (κ1) is 14.8. The van der Waals surface area contributed by atoms with E-state index in [9.17, 15) is 9.90 Å². The Hall–Kier alpha value is -2.14. The summed E-state index contributed by atoms with van der Waals surface area (Å²) in [6.45, 7) is 7.50. The first-order chi connectivity index (χ1) is 10.3. The Morgan fingerprint density at radius 3 is 2.55 bits per heavy atom. The van der Waals surface area contributed by atoms with Crippen molar-refractivity contribution in [2.75, 3.05) is 0 Å². The highest BCUT2D eigenvalue weighted by Gasteiger charge is 2.34. The second-order valence-corrected chi connectivity index (χ2v) is 6.99. The van der Waals surface area contributed by atoms with Crippen LogP contribution in [0.3, 0.4) is 0 Å². The maximum absolute atomic E-state index is 11.8. The Kier molecular flexibility index (Phi) is 3.33. The van der Waals surface area contributed by atoms with Crippen molar-refractivity contribution in [1.29, 1.82) is 0 Å². The third kappa shape index (κ3) is 2.13. The lowest BCUT2D eigenvalue weighted by molar-refractivity contribution is -0.145. The van der Waals surface area contributed by atoms with Gasteiger partial charge in [0.05, 0.1) is 15.9 Å². The molecule has 22 heavy (non-hydrogen) atoms. The zero-order valence-electron chi connectivity index (χ0n) is 13.0. The number of hydrogen-bond donors (Lipinski definition) is 1. The zero-order valence-corrected chi connectivity index (χ0v) is 13.9. The summed E-state index contributed by atoms with van der Waals surface area (Å²) < 4.78 is 1.84. The quantitative estimate of drug-likeness (QED) is 0.788. The van der Waals surface area contributed by atoms with E-state index in [2.05, 4.69) is 0 Å². The zero-order chi connectivity index (χ0) is 16.1. The molecule has 5 heteroatoms. The Labute approximate surface area is 133 Å². The maximum atomic E-state index is 11.8. The Bertz CT molecular complexity index is 861. The molecule has 3 rings (SSSR count). The topological polar surface area (TPSA) is 55.1 Å². The van der Waals surface area contributed by atoms with Crippen molar-refractivity contribution in [3.8, 4) is 10.7 Å². The van der Waals surface area contributed by atoms with Crippen LogP contribution in [-0.2, 0) is 10.3 Å². The van der Waals surface area contributed by atoms with Crippen molar-refractivity contribution in [3.63, 3.8) is 0 Å². The van der Waals surface area contributed by atoms with Crippen LogP contribution in [0.1, 0.15) is 25.0 Å². The Morgan fingerprint density at radius 2 is 1.95 bits per heavy atom. The van der Waals surface area contributed by atoms with Gasteiger partial charge in [0, 0.05) is 0 Å². The number of aryl methyl sites for hydroxylation is 2. The molecule has 1 N–H and O–H groups in total. The molecule has 2 aromatic heterocycles. The van der Waals surface area contributed by atoms with Gasteiger partial charge in [0.1, 0.15) is 5.54 Å². The molecule has 3 aromatic rings. The summed E-state index contributed by atoms with van der Waals surface area (Å²) in [5.74, 6) is -0.162. The van der Waals surface area contributed by atoms with Crippen LogP contribution in [0, 0.1) is 13.8 Å². The fourth-order valence-corrected chi connectivity index (χ4v) is 3.27. The lowest BCUT2D eigenvalue weighted by Crippen LogP contribution is -2.36. The molecule has 0 atom stereocenters. The molecule has 2 heterocycles. The van der Waals surface area contributed by atoms with Gasteiger partial charge >= 0.3 is 5.97 Å². The highest BCUT2D eigenvalue weighted by atomic mass is 32.1. The standard InChI is InChI=1S/C17H18N2O2S/c1-10-8-12-13(9-11(10)2)19(17(3,4)16(20)21)15(18-12)14-6-5-7-22-14/h5-9H,1-4H3,(H,20,21). The van der Waals surface area contributed by atoms with E-state index >= 15 is 0 Å². The predicted octanol–water partition coefficient (Wildman–Crippen LogP) is 4.20. The molecule has 0 saturated heterocycles. The van der Waals surface area contributed by atoms with Gasteiger partial charge in [0.25, 0.3) is 0 Å². The van der Waals surface area contributed by atoms with Crippen molar-refractivity contribution >= 4 is 28.3 Å². The van der Waals surface area contributed by atoms with E-state index in [1.165, 1.54) is 0 Å². The Balaban J connectivity index is 2.42. The average molecular weight is 314 g/mol. The highest BCUT2D eigenvalue weighted by Crippen LogP contribution is 2.34. The van der Waals surface area contributed by atoms with E-state index in [-0.39, 0.29) is 0 Å². The smallest absolute Gasteiger partial charge is 0.329 e. The number of imidazole rings is 1. The Morgan fingerprint density at radius 1 is 1.27 bits per heavy atom. The van der Waals surface area contributed by atoms with E-state index in [1.807, 2.05) is 48.1 Å². The first-order valence-electron chi connectivity index (χ1n) is 7.10. The van der Waals surface area contributed by atoms with Crippen LogP contribution in [0.15, 0.2) is 29.6 Å². The molecule has 1 aromatic carbocycles. The lowest BCUT2D eigenvalue weighted by Gasteiger charge is -2.24. The number of aromatic nitrogens is 2. The van der Waals surface area contributed by atoms with Gasteiger partial charge in [-0.25, -0.2) is 9.78 Å². The summed E-state index contributed by atoms with van der Waals surface area (Å²) in [4.78, 5) is 17.5. The largest absolute Gasteiger partial charge is 0.480 e. The van der Waals surface area contributed by atoms with Gasteiger partial charge in [0.2, 0.25) is 0 Å². The van der Waals surface area contributed by atoms with E-state index in [0.717, 1.165) is 27.0 Å². The van der Waals surface area contributed by atoms with E-state index in [1.54, 1.807) is 25.2 Å². The SMILES string of the molecule is Cc1cc2nc(-c3cccs3)n(C(C)(C)C(=O)O)c2cc1C. The minimum absolute atomic E-state index is 0.711. The molecule has 0 aliphatic rings. The number of rotatable bonds is 3. The number of benzene rings is 1. The van der Waals surface area contributed by atoms with Gasteiger partial charge in [-0.1, -0.05) is 6.07 Å². The van der Waals surface area contributed by atoms with Gasteiger partial charge in [-0.3, -0.25) is 0 Å². The fourth-order valence-electron chi connectivity index (χ4n) is 2.57. The first-order valence-corrected chi connectivity index (χ1v) is 7.98. The van der Waals surface area contributed by atoms with Crippen LogP contribution in [0.4, 0.5) is 0 Å². The van der Waals surface area contributed by atoms with Gasteiger partial charge in [-0.05, 0) is 62.4 Å². The van der Waals surface area contributed by atoms with Crippen molar-refractivity contribution in [2.45, 2.75) is 33.2 Å². The molecule has 0 unspecified atom stereocenters. The summed E-state index contributed by atoms with van der Waals surface area (Å²) in [6, 6.07) is 7.98. The summed E-state index contributed by atoms with van der Waals surface area (Å²) in [5.41, 5.74) is 2.91. The van der Waals surface area contributed by atoms with Gasteiger partial charge < -0.3 is 9.67 Å². The fraction of sp³-hybridized carbons (Fsp3) is 0.294. The molecule has 0 radical (unpaired) electrons. The molecule has 0 fully saturated rings. The molecular formula is C17H18N2O2S. The second kappa shape index (κ2) is 4.95. The summed E-state index contributed by atoms with van der Waals surface area (Å²) in [7, 11) is 0. The van der Waals surface area contributed by atoms with Crippen LogP contribution in [0.25, 0.3) is 21.7 Å². The molecule has 0 amide bonds. The van der Waals surface area contributed by atoms with Gasteiger partial charge in [0.15, 0.2) is 5.82 Å². The second-order valence-electron chi connectivity index (χ2n) is 6.04. The number of fused-ring (bicyclic) bond motifs is 1. The number of hydrogen-bond acceptors (Lipinski definition) is 3. The van der Waals surface area contributed by atoms with Crippen LogP contribution in [-0.4, -0.2) is 20.6 Å². The molecule has 114 valence electrons. The van der Waals surface area contributed by atoms with Crippen LogP contribution >= 0.6 is 11.3 Å². The predicted molar refractivity (Wildman–Crippen MR) is 89.5 cm³/mol. The average Bonchev–Trinajstić information content (AvgIpc) is 3.06. The van der Waals surface area contributed by atoms with Gasteiger partial charge in [-0.15, -0.1) is 11.3 Å². The minimum atomic E-state index is -1.07. The number of nitrogens with zero attached hydrogens (tertiary/aromatic N) is 2. The molecule has 0 saturated carbocycles. The molecule has 4 nitrogen and oxygen atoms in total. The molecule has 0 aliphatic heterocycles. The van der Waals surface area contributed by atoms with Crippen molar-refractivity contribution < 1.29 is 9.90 Å². The van der Waals surface area contributed by atoms with Crippen LogP contribution in [0.2, 0.25) is 0 Å². The van der Waals surface area contributed by atoms with Crippen molar-refractivity contribution in [2.24, 2.45) is 0 Å². The van der Waals surface area contributed by atoms with E-state index in [4.69, 9.17) is 4.98 Å². The summed E-state index contributed by atoms with van der Waals surface area (Å²) in [5, 5.41) is 11.6. The third-order valence-electron chi connectivity index (χ3n) is 4.09. The monoisotopic (exact) mass is 314 g/mol. The van der Waals surface area contributed by atoms with Crippen LogP contribution in [0.5, 0.6) is 0 Å². The maximum Gasteiger partial charge on any atom is 0.329 e. The highest BCUT2D eigenvalue weighted by molar-refractivity contribution is 7.13. The number of carboxylic acid groups (broad SMARTS) is 1. The summed E-state index contributed by atoms with van der Waals surface area (Å²) >= 11 is 1.57. The number of carboxylic acids is 1. The molecule has 0 aliphatic carbocycles. The van der Waals surface area contributed by atoms with E-state index < -0.39 is 11.5 Å². The normalized spacial score (nSPS) is 12.0. The minimum Gasteiger partial charge on any atom is -0.480 e. The number of aliphatic carboxylic acids is 1. The third-order valence-corrected chi connectivity index (χ3v) is 4.96. The van der Waals surface area contributed by atoms with Crippen molar-refractivity contribution in [3.05, 3.63) is 40.8 Å². The van der Waals surface area contributed by atoms with Crippen LogP contribution < -0.4 is 0 Å². The lowest BCUT2D eigenvalue weighted by atomic mass is 10.0. The molecule has 0 spiro atoms.